The molecular formula is C20H24F2O. The summed E-state index contributed by atoms with van der Waals surface area (Å²) in [6.45, 7) is 5.09. The third-order valence-corrected chi connectivity index (χ3v) is 4.13. The maximum atomic E-state index is 13.8. The van der Waals surface area contributed by atoms with E-state index in [1.54, 1.807) is 12.1 Å². The first-order valence-electron chi connectivity index (χ1n) is 8.32. The Morgan fingerprint density at radius 2 is 1.74 bits per heavy atom. The fraction of sp³-hybridized carbons (Fsp3) is 0.400. The van der Waals surface area contributed by atoms with E-state index in [1.807, 2.05) is 12.1 Å². The minimum Gasteiger partial charge on any atom is -0.493 e. The van der Waals surface area contributed by atoms with Crippen molar-refractivity contribution in [3.05, 3.63) is 54.1 Å². The summed E-state index contributed by atoms with van der Waals surface area (Å²) in [6, 6.07) is 10.9. The molecule has 0 spiro atoms. The summed E-state index contributed by atoms with van der Waals surface area (Å²) in [5.41, 5.74) is 1.11. The smallest absolute Gasteiger partial charge is 0.133 e. The van der Waals surface area contributed by atoms with E-state index in [1.165, 1.54) is 31.4 Å². The average Bonchev–Trinajstić information content (AvgIpc) is 2.56. The Bertz CT molecular complexity index is 608. The van der Waals surface area contributed by atoms with E-state index in [9.17, 15) is 8.78 Å². The molecule has 0 bridgehead atoms. The van der Waals surface area contributed by atoms with Crippen molar-refractivity contribution in [2.45, 2.75) is 39.5 Å². The van der Waals surface area contributed by atoms with Gasteiger partial charge in [0.25, 0.3) is 0 Å². The Hall–Kier alpha value is -1.90. The van der Waals surface area contributed by atoms with Crippen LogP contribution in [0.2, 0.25) is 0 Å². The zero-order valence-electron chi connectivity index (χ0n) is 13.8. The van der Waals surface area contributed by atoms with E-state index in [-0.39, 0.29) is 0 Å². The van der Waals surface area contributed by atoms with Gasteiger partial charge in [0.05, 0.1) is 6.61 Å². The first-order chi connectivity index (χ1) is 11.1. The van der Waals surface area contributed by atoms with Crippen LogP contribution in [-0.4, -0.2) is 6.61 Å². The molecule has 0 aromatic heterocycles. The van der Waals surface area contributed by atoms with Gasteiger partial charge < -0.3 is 4.74 Å². The van der Waals surface area contributed by atoms with Gasteiger partial charge in [-0.05, 0) is 42.2 Å². The van der Waals surface area contributed by atoms with E-state index in [0.29, 0.717) is 23.7 Å². The summed E-state index contributed by atoms with van der Waals surface area (Å²) < 4.78 is 32.6. The van der Waals surface area contributed by atoms with Gasteiger partial charge in [-0.25, -0.2) is 8.78 Å². The molecule has 0 amide bonds. The molecule has 0 radical (unpaired) electrons. The van der Waals surface area contributed by atoms with E-state index in [2.05, 4.69) is 13.8 Å². The summed E-state index contributed by atoms with van der Waals surface area (Å²) in [4.78, 5) is 0. The van der Waals surface area contributed by atoms with Crippen LogP contribution in [0, 0.1) is 17.6 Å². The van der Waals surface area contributed by atoms with Crippen LogP contribution in [0.15, 0.2) is 42.5 Å². The summed E-state index contributed by atoms with van der Waals surface area (Å²) >= 11 is 0. The Morgan fingerprint density at radius 3 is 2.35 bits per heavy atom. The molecule has 0 saturated carbocycles. The lowest BCUT2D eigenvalue weighted by atomic mass is 10.0. The molecule has 3 heteroatoms. The van der Waals surface area contributed by atoms with Crippen LogP contribution in [0.5, 0.6) is 5.75 Å². The molecule has 0 aliphatic rings. The van der Waals surface area contributed by atoms with Gasteiger partial charge in [-0.3, -0.25) is 0 Å². The maximum Gasteiger partial charge on any atom is 0.133 e. The highest BCUT2D eigenvalue weighted by Gasteiger charge is 2.09. The van der Waals surface area contributed by atoms with Gasteiger partial charge in [-0.2, -0.15) is 0 Å². The average molecular weight is 318 g/mol. The van der Waals surface area contributed by atoms with E-state index < -0.39 is 11.6 Å². The highest BCUT2D eigenvalue weighted by atomic mass is 19.1. The molecule has 0 N–H and O–H groups in total. The normalized spacial score (nSPS) is 12.2. The molecule has 0 heterocycles. The Morgan fingerprint density at radius 1 is 1.00 bits per heavy atom. The molecule has 0 saturated heterocycles. The number of ether oxygens (including phenoxy) is 1. The lowest BCUT2D eigenvalue weighted by Crippen LogP contribution is -2.11. The fourth-order valence-corrected chi connectivity index (χ4v) is 2.57. The summed E-state index contributed by atoms with van der Waals surface area (Å²) in [6.07, 6.45) is 4.73. The lowest BCUT2D eigenvalue weighted by molar-refractivity contribution is 0.233. The van der Waals surface area contributed by atoms with Gasteiger partial charge in [0.15, 0.2) is 0 Å². The van der Waals surface area contributed by atoms with Crippen molar-refractivity contribution in [2.24, 2.45) is 5.92 Å². The van der Waals surface area contributed by atoms with Gasteiger partial charge in [-0.1, -0.05) is 45.2 Å². The second kappa shape index (κ2) is 8.66. The molecule has 2 rings (SSSR count). The number of hydrogen-bond donors (Lipinski definition) is 0. The number of rotatable bonds is 8. The third-order valence-electron chi connectivity index (χ3n) is 4.13. The maximum absolute atomic E-state index is 13.8. The van der Waals surface area contributed by atoms with Crippen molar-refractivity contribution in [2.75, 3.05) is 6.61 Å². The molecule has 1 atom stereocenters. The summed E-state index contributed by atoms with van der Waals surface area (Å²) in [5, 5.41) is 0. The minimum atomic E-state index is -0.566. The SMILES string of the molecule is CCCCC(CC)COc1ccc(-c2ccc(F)cc2F)cc1. The number of benzene rings is 2. The molecule has 1 unspecified atom stereocenters. The molecule has 124 valence electrons. The summed E-state index contributed by atoms with van der Waals surface area (Å²) in [5.74, 6) is 0.239. The highest BCUT2D eigenvalue weighted by molar-refractivity contribution is 5.64. The Balaban J connectivity index is 1.99. The number of hydrogen-bond acceptors (Lipinski definition) is 1. The quantitative estimate of drug-likeness (QED) is 0.561. The summed E-state index contributed by atoms with van der Waals surface area (Å²) in [7, 11) is 0. The van der Waals surface area contributed by atoms with Crippen molar-refractivity contribution in [1.82, 2.24) is 0 Å². The molecule has 0 aliphatic carbocycles. The molecule has 2 aromatic rings. The van der Waals surface area contributed by atoms with Crippen molar-refractivity contribution >= 4 is 0 Å². The molecule has 0 fully saturated rings. The van der Waals surface area contributed by atoms with E-state index in [4.69, 9.17) is 4.74 Å². The molecule has 23 heavy (non-hydrogen) atoms. The van der Waals surface area contributed by atoms with Crippen LogP contribution in [0.3, 0.4) is 0 Å². The predicted octanol–water partition coefficient (Wildman–Crippen LogP) is 6.23. The third kappa shape index (κ3) is 5.05. The first kappa shape index (κ1) is 17.5. The molecule has 1 nitrogen and oxygen atoms in total. The monoisotopic (exact) mass is 318 g/mol. The largest absolute Gasteiger partial charge is 0.493 e. The van der Waals surface area contributed by atoms with Crippen LogP contribution < -0.4 is 4.74 Å². The van der Waals surface area contributed by atoms with Crippen molar-refractivity contribution in [1.29, 1.82) is 0 Å². The van der Waals surface area contributed by atoms with Gasteiger partial charge in [0.1, 0.15) is 17.4 Å². The standard InChI is InChI=1S/C20H24F2O/c1-3-5-6-15(4-2)14-23-18-10-7-16(8-11-18)19-12-9-17(21)13-20(19)22/h7-13,15H,3-6,14H2,1-2H3. The Labute approximate surface area is 137 Å². The second-order valence-electron chi connectivity index (χ2n) is 5.88. The van der Waals surface area contributed by atoms with Crippen LogP contribution in [-0.2, 0) is 0 Å². The van der Waals surface area contributed by atoms with E-state index in [0.717, 1.165) is 18.2 Å². The minimum absolute atomic E-state index is 0.396. The van der Waals surface area contributed by atoms with Gasteiger partial charge in [0, 0.05) is 11.6 Å². The van der Waals surface area contributed by atoms with Gasteiger partial charge >= 0.3 is 0 Å². The van der Waals surface area contributed by atoms with Crippen molar-refractivity contribution in [3.8, 4) is 16.9 Å². The first-order valence-corrected chi connectivity index (χ1v) is 8.32. The van der Waals surface area contributed by atoms with Gasteiger partial charge in [-0.15, -0.1) is 0 Å². The van der Waals surface area contributed by atoms with Crippen LogP contribution >= 0.6 is 0 Å². The van der Waals surface area contributed by atoms with E-state index >= 15 is 0 Å². The number of halogens is 2. The fourth-order valence-electron chi connectivity index (χ4n) is 2.57. The lowest BCUT2D eigenvalue weighted by Gasteiger charge is -2.15. The van der Waals surface area contributed by atoms with Crippen molar-refractivity contribution < 1.29 is 13.5 Å². The van der Waals surface area contributed by atoms with Gasteiger partial charge in [0.2, 0.25) is 0 Å². The zero-order valence-corrected chi connectivity index (χ0v) is 13.8. The van der Waals surface area contributed by atoms with Crippen LogP contribution in [0.25, 0.3) is 11.1 Å². The second-order valence-corrected chi connectivity index (χ2v) is 5.88. The number of unbranched alkanes of at least 4 members (excludes halogenated alkanes) is 1. The topological polar surface area (TPSA) is 9.23 Å². The highest BCUT2D eigenvalue weighted by Crippen LogP contribution is 2.26. The van der Waals surface area contributed by atoms with Crippen LogP contribution in [0.4, 0.5) is 8.78 Å². The predicted molar refractivity (Wildman–Crippen MR) is 90.6 cm³/mol. The zero-order chi connectivity index (χ0) is 16.7. The Kier molecular flexibility index (Phi) is 6.57. The van der Waals surface area contributed by atoms with Crippen LogP contribution in [0.1, 0.15) is 39.5 Å². The van der Waals surface area contributed by atoms with Crippen molar-refractivity contribution in [3.63, 3.8) is 0 Å². The molecule has 2 aromatic carbocycles. The molecular weight excluding hydrogens is 294 g/mol. The molecule has 0 aliphatic heterocycles.